The zero-order chi connectivity index (χ0) is 14.9. The van der Waals surface area contributed by atoms with Gasteiger partial charge in [-0.3, -0.25) is 0 Å². The molecule has 3 rings (SSSR count). The van der Waals surface area contributed by atoms with Crippen molar-refractivity contribution in [2.45, 2.75) is 39.0 Å². The van der Waals surface area contributed by atoms with Crippen LogP contribution in [0, 0.1) is 5.92 Å². The van der Waals surface area contributed by atoms with Crippen LogP contribution < -0.4 is 10.6 Å². The summed E-state index contributed by atoms with van der Waals surface area (Å²) in [5.41, 5.74) is 2.22. The van der Waals surface area contributed by atoms with Gasteiger partial charge in [0.15, 0.2) is 5.82 Å². The standard InChI is InChI=1S/C16H25N5/c1-16(2,3)14-10-13-15(18-8-9-21(13)20-14)19-11-12-4-6-17-7-5-12/h8-10,12,17H,4-7,11H2,1-3H3,(H,18,19). The molecule has 0 amide bonds. The van der Waals surface area contributed by atoms with E-state index in [4.69, 9.17) is 0 Å². The number of fused-ring (bicyclic) bond motifs is 1. The Morgan fingerprint density at radius 2 is 2.10 bits per heavy atom. The lowest BCUT2D eigenvalue weighted by atomic mass is 9.92. The van der Waals surface area contributed by atoms with E-state index >= 15 is 0 Å². The molecule has 5 heteroatoms. The summed E-state index contributed by atoms with van der Waals surface area (Å²) in [6.45, 7) is 9.80. The lowest BCUT2D eigenvalue weighted by Gasteiger charge is -2.23. The topological polar surface area (TPSA) is 54.2 Å². The van der Waals surface area contributed by atoms with Gasteiger partial charge in [0.05, 0.1) is 5.69 Å². The van der Waals surface area contributed by atoms with Gasteiger partial charge in [-0.2, -0.15) is 5.10 Å². The van der Waals surface area contributed by atoms with E-state index < -0.39 is 0 Å². The van der Waals surface area contributed by atoms with E-state index in [0.717, 1.165) is 42.6 Å². The summed E-state index contributed by atoms with van der Waals surface area (Å²) in [5, 5.41) is 11.6. The predicted octanol–water partition coefficient (Wildman–Crippen LogP) is 2.44. The first-order valence-corrected chi connectivity index (χ1v) is 7.83. The van der Waals surface area contributed by atoms with Gasteiger partial charge in [0.25, 0.3) is 0 Å². The van der Waals surface area contributed by atoms with Gasteiger partial charge in [-0.1, -0.05) is 20.8 Å². The first-order valence-electron chi connectivity index (χ1n) is 7.83. The van der Waals surface area contributed by atoms with Crippen molar-refractivity contribution >= 4 is 11.3 Å². The molecule has 0 radical (unpaired) electrons. The molecule has 2 aromatic heterocycles. The van der Waals surface area contributed by atoms with E-state index in [9.17, 15) is 0 Å². The highest BCUT2D eigenvalue weighted by molar-refractivity contribution is 5.68. The predicted molar refractivity (Wildman–Crippen MR) is 85.8 cm³/mol. The number of nitrogens with zero attached hydrogens (tertiary/aromatic N) is 3. The van der Waals surface area contributed by atoms with Crippen molar-refractivity contribution in [1.29, 1.82) is 0 Å². The maximum Gasteiger partial charge on any atom is 0.152 e. The molecule has 1 aliphatic rings. The second-order valence-corrected chi connectivity index (χ2v) is 6.96. The molecule has 1 fully saturated rings. The Morgan fingerprint density at radius 1 is 1.33 bits per heavy atom. The van der Waals surface area contributed by atoms with Crippen molar-refractivity contribution < 1.29 is 0 Å². The third-order valence-electron chi connectivity index (χ3n) is 4.18. The SMILES string of the molecule is CC(C)(C)c1cc2c(NCC3CCNCC3)nccn2n1. The van der Waals surface area contributed by atoms with Crippen molar-refractivity contribution in [3.05, 3.63) is 24.2 Å². The van der Waals surface area contributed by atoms with E-state index in [-0.39, 0.29) is 5.41 Å². The van der Waals surface area contributed by atoms with Crippen LogP contribution in [0.5, 0.6) is 0 Å². The zero-order valence-electron chi connectivity index (χ0n) is 13.2. The highest BCUT2D eigenvalue weighted by atomic mass is 15.2. The third-order valence-corrected chi connectivity index (χ3v) is 4.18. The molecule has 114 valence electrons. The molecule has 5 nitrogen and oxygen atoms in total. The molecule has 2 aromatic rings. The minimum atomic E-state index is 0.0539. The van der Waals surface area contributed by atoms with Crippen molar-refractivity contribution in [2.24, 2.45) is 5.92 Å². The molecule has 3 heterocycles. The minimum Gasteiger partial charge on any atom is -0.368 e. The van der Waals surface area contributed by atoms with Gasteiger partial charge in [-0.15, -0.1) is 0 Å². The van der Waals surface area contributed by atoms with Gasteiger partial charge in [-0.25, -0.2) is 9.50 Å². The number of hydrogen-bond donors (Lipinski definition) is 2. The van der Waals surface area contributed by atoms with E-state index in [2.05, 4.69) is 47.6 Å². The van der Waals surface area contributed by atoms with E-state index in [1.165, 1.54) is 12.8 Å². The van der Waals surface area contributed by atoms with E-state index in [1.807, 2.05) is 16.9 Å². The highest BCUT2D eigenvalue weighted by Gasteiger charge is 2.19. The summed E-state index contributed by atoms with van der Waals surface area (Å²) >= 11 is 0. The number of nitrogens with one attached hydrogen (secondary N) is 2. The van der Waals surface area contributed by atoms with Crippen LogP contribution in [0.25, 0.3) is 5.52 Å². The van der Waals surface area contributed by atoms with Crippen LogP contribution in [-0.2, 0) is 5.41 Å². The smallest absolute Gasteiger partial charge is 0.152 e. The van der Waals surface area contributed by atoms with Gasteiger partial charge < -0.3 is 10.6 Å². The lowest BCUT2D eigenvalue weighted by molar-refractivity contribution is 0.389. The summed E-state index contributed by atoms with van der Waals surface area (Å²) in [7, 11) is 0. The van der Waals surface area contributed by atoms with Gasteiger partial charge in [0, 0.05) is 24.4 Å². The number of rotatable bonds is 3. The molecule has 0 aromatic carbocycles. The Labute approximate surface area is 126 Å². The summed E-state index contributed by atoms with van der Waals surface area (Å²) in [6.07, 6.45) is 6.21. The molecule has 2 N–H and O–H groups in total. The average Bonchev–Trinajstić information content (AvgIpc) is 2.91. The molecule has 1 aliphatic heterocycles. The van der Waals surface area contributed by atoms with Crippen LogP contribution in [0.2, 0.25) is 0 Å². The van der Waals surface area contributed by atoms with Crippen molar-refractivity contribution in [3.63, 3.8) is 0 Å². The lowest BCUT2D eigenvalue weighted by Crippen LogP contribution is -2.31. The van der Waals surface area contributed by atoms with Gasteiger partial charge >= 0.3 is 0 Å². The normalized spacial score (nSPS) is 17.3. The molecule has 0 spiro atoms. The molecule has 0 bridgehead atoms. The maximum atomic E-state index is 4.67. The fraction of sp³-hybridized carbons (Fsp3) is 0.625. The van der Waals surface area contributed by atoms with Crippen molar-refractivity contribution in [3.8, 4) is 0 Å². The number of anilines is 1. The van der Waals surface area contributed by atoms with Gasteiger partial charge in [-0.05, 0) is 37.9 Å². The molecule has 0 unspecified atom stereocenters. The van der Waals surface area contributed by atoms with E-state index in [1.54, 1.807) is 0 Å². The number of aromatic nitrogens is 3. The summed E-state index contributed by atoms with van der Waals surface area (Å²) < 4.78 is 1.93. The summed E-state index contributed by atoms with van der Waals surface area (Å²) in [4.78, 5) is 4.50. The average molecular weight is 287 g/mol. The molecular weight excluding hydrogens is 262 g/mol. The van der Waals surface area contributed by atoms with Crippen LogP contribution in [0.15, 0.2) is 18.5 Å². The minimum absolute atomic E-state index is 0.0539. The second kappa shape index (κ2) is 5.64. The molecule has 0 saturated carbocycles. The molecule has 0 atom stereocenters. The van der Waals surface area contributed by atoms with E-state index in [0.29, 0.717) is 0 Å². The Hall–Kier alpha value is -1.62. The molecular formula is C16H25N5. The van der Waals surface area contributed by atoms with Crippen LogP contribution in [-0.4, -0.2) is 34.2 Å². The summed E-state index contributed by atoms with van der Waals surface area (Å²) in [5.74, 6) is 1.68. The third kappa shape index (κ3) is 3.18. The maximum absolute atomic E-state index is 4.67. The Bertz CT molecular complexity index is 605. The second-order valence-electron chi connectivity index (χ2n) is 6.96. The monoisotopic (exact) mass is 287 g/mol. The first kappa shape index (κ1) is 14.3. The molecule has 21 heavy (non-hydrogen) atoms. The highest BCUT2D eigenvalue weighted by Crippen LogP contribution is 2.25. The van der Waals surface area contributed by atoms with Crippen LogP contribution >= 0.6 is 0 Å². The Morgan fingerprint density at radius 3 is 2.81 bits per heavy atom. The van der Waals surface area contributed by atoms with Crippen LogP contribution in [0.3, 0.4) is 0 Å². The largest absolute Gasteiger partial charge is 0.368 e. The zero-order valence-corrected chi connectivity index (χ0v) is 13.2. The van der Waals surface area contributed by atoms with Crippen molar-refractivity contribution in [1.82, 2.24) is 19.9 Å². The Kier molecular flexibility index (Phi) is 3.85. The van der Waals surface area contributed by atoms with Crippen molar-refractivity contribution in [2.75, 3.05) is 25.0 Å². The molecule has 1 saturated heterocycles. The van der Waals surface area contributed by atoms with Gasteiger partial charge in [0.1, 0.15) is 5.52 Å². The summed E-state index contributed by atoms with van der Waals surface area (Å²) in [6, 6.07) is 2.15. The van der Waals surface area contributed by atoms with Crippen LogP contribution in [0.1, 0.15) is 39.3 Å². The van der Waals surface area contributed by atoms with Gasteiger partial charge in [0.2, 0.25) is 0 Å². The van der Waals surface area contributed by atoms with Crippen LogP contribution in [0.4, 0.5) is 5.82 Å². The number of piperidine rings is 1. The first-order chi connectivity index (χ1) is 10.0. The fourth-order valence-electron chi connectivity index (χ4n) is 2.75. The molecule has 0 aliphatic carbocycles. The quantitative estimate of drug-likeness (QED) is 0.910. The fourth-order valence-corrected chi connectivity index (χ4v) is 2.75. The number of hydrogen-bond acceptors (Lipinski definition) is 4. The Balaban J connectivity index is 1.79.